The number of allylic oxidation sites excluding steroid dienone is 14. The Morgan fingerprint density at radius 1 is 0.431 bits per heavy atom. The molecule has 3 heterocycles. The van der Waals surface area contributed by atoms with E-state index in [9.17, 15) is 0 Å². The fourth-order valence-corrected chi connectivity index (χ4v) is 10.3. The van der Waals surface area contributed by atoms with Crippen LogP contribution in [-0.4, -0.2) is 15.0 Å². The van der Waals surface area contributed by atoms with Gasteiger partial charge in [0.2, 0.25) is 0 Å². The van der Waals surface area contributed by atoms with E-state index in [1.165, 1.54) is 82.3 Å². The van der Waals surface area contributed by atoms with Crippen LogP contribution >= 0.6 is 0 Å². The lowest BCUT2D eigenvalue weighted by molar-refractivity contribution is 0.568. The third kappa shape index (κ3) is 4.47. The molecule has 0 aliphatic heterocycles. The molecule has 9 aromatic rings. The monoisotopic (exact) mass is 735 g/mol. The second-order valence-electron chi connectivity index (χ2n) is 15.9. The van der Waals surface area contributed by atoms with Crippen molar-refractivity contribution >= 4 is 76.2 Å². The molecule has 4 aliphatic carbocycles. The number of hydrogen-bond donors (Lipinski definition) is 0. The molecular formula is C55H33N3. The van der Waals surface area contributed by atoms with E-state index in [1.807, 2.05) is 24.5 Å². The van der Waals surface area contributed by atoms with Gasteiger partial charge in [-0.15, -0.1) is 0 Å². The third-order valence-corrected chi connectivity index (χ3v) is 12.9. The van der Waals surface area contributed by atoms with Gasteiger partial charge in [-0.3, -0.25) is 9.97 Å². The molecule has 268 valence electrons. The van der Waals surface area contributed by atoms with Crippen LogP contribution in [0.2, 0.25) is 0 Å². The van der Waals surface area contributed by atoms with Crippen molar-refractivity contribution in [3.05, 3.63) is 222 Å². The molecule has 0 N–H and O–H groups in total. The highest BCUT2D eigenvalue weighted by molar-refractivity contribution is 6.31. The summed E-state index contributed by atoms with van der Waals surface area (Å²) in [5.74, 6) is 0.529. The lowest BCUT2D eigenvalue weighted by atomic mass is 9.61. The molecule has 13 rings (SSSR count). The van der Waals surface area contributed by atoms with Crippen molar-refractivity contribution in [1.29, 1.82) is 0 Å². The molecule has 0 saturated heterocycles. The van der Waals surface area contributed by atoms with E-state index in [2.05, 4.69) is 164 Å². The number of rotatable bonds is 3. The maximum Gasteiger partial charge on any atom is 0.0970 e. The van der Waals surface area contributed by atoms with Crippen molar-refractivity contribution in [2.24, 2.45) is 11.8 Å². The molecule has 0 radical (unpaired) electrons. The summed E-state index contributed by atoms with van der Waals surface area (Å²) < 4.78 is 0. The van der Waals surface area contributed by atoms with E-state index >= 15 is 0 Å². The van der Waals surface area contributed by atoms with Crippen LogP contribution in [0.1, 0.15) is 11.1 Å². The number of aromatic nitrogens is 3. The van der Waals surface area contributed by atoms with Gasteiger partial charge in [0, 0.05) is 56.7 Å². The Hall–Kier alpha value is -7.49. The Kier molecular flexibility index (Phi) is 6.56. The average Bonchev–Trinajstić information content (AvgIpc) is 3.30. The molecule has 58 heavy (non-hydrogen) atoms. The van der Waals surface area contributed by atoms with Crippen LogP contribution in [0.25, 0.3) is 87.4 Å². The molecule has 2 atom stereocenters. The number of hydrogen-bond acceptors (Lipinski definition) is 3. The van der Waals surface area contributed by atoms with Crippen molar-refractivity contribution in [2.45, 2.75) is 0 Å². The Labute approximate surface area is 334 Å². The second kappa shape index (κ2) is 12.0. The minimum atomic E-state index is 0.258. The average molecular weight is 736 g/mol. The highest BCUT2D eigenvalue weighted by atomic mass is 14.7. The van der Waals surface area contributed by atoms with E-state index in [0.29, 0.717) is 0 Å². The van der Waals surface area contributed by atoms with E-state index in [0.717, 1.165) is 38.6 Å². The quantitative estimate of drug-likeness (QED) is 0.170. The van der Waals surface area contributed by atoms with Crippen LogP contribution in [0.3, 0.4) is 0 Å². The first-order valence-corrected chi connectivity index (χ1v) is 20.1. The number of benzene rings is 6. The molecule has 6 aromatic carbocycles. The van der Waals surface area contributed by atoms with Gasteiger partial charge in [-0.05, 0) is 84.3 Å². The normalized spacial score (nSPS) is 18.2. The lowest BCUT2D eigenvalue weighted by Crippen LogP contribution is -2.29. The standard InChI is InChI=1S/C55H33N3/c1-3-12-42-39(10-1)40-11-2-5-14-45(40)54-51(42)43-13-4-6-15-46(43)52(58-54)34-20-17-32(18-21-34)38-29-35-22-19-33-23-25-41(44-26-24-36(30-38)49(35)50(33)44)48-31-37-9-7-27-56-53(37)55-47(48)16-8-28-57-55/h1-31,49-50H. The van der Waals surface area contributed by atoms with E-state index in [1.54, 1.807) is 0 Å². The van der Waals surface area contributed by atoms with Gasteiger partial charge in [0.15, 0.2) is 0 Å². The van der Waals surface area contributed by atoms with Crippen molar-refractivity contribution in [1.82, 2.24) is 15.0 Å². The van der Waals surface area contributed by atoms with Crippen LogP contribution < -0.4 is 0 Å². The summed E-state index contributed by atoms with van der Waals surface area (Å²) in [5, 5.41) is 10.8. The van der Waals surface area contributed by atoms with Crippen molar-refractivity contribution in [3.8, 4) is 11.3 Å². The predicted molar refractivity (Wildman–Crippen MR) is 241 cm³/mol. The van der Waals surface area contributed by atoms with Gasteiger partial charge < -0.3 is 0 Å². The molecule has 3 aromatic heterocycles. The summed E-state index contributed by atoms with van der Waals surface area (Å²) in [5.41, 5.74) is 15.4. The first-order valence-electron chi connectivity index (χ1n) is 20.1. The molecule has 2 unspecified atom stereocenters. The first-order chi connectivity index (χ1) is 28.8. The summed E-state index contributed by atoms with van der Waals surface area (Å²) in [6.07, 6.45) is 22.6. The van der Waals surface area contributed by atoms with Crippen LogP contribution in [0, 0.1) is 11.8 Å². The van der Waals surface area contributed by atoms with Gasteiger partial charge in [0.05, 0.1) is 22.2 Å². The molecule has 0 fully saturated rings. The van der Waals surface area contributed by atoms with Gasteiger partial charge in [0.25, 0.3) is 0 Å². The maximum absolute atomic E-state index is 5.51. The van der Waals surface area contributed by atoms with Gasteiger partial charge in [0.1, 0.15) is 0 Å². The minimum Gasteiger partial charge on any atom is -0.254 e. The van der Waals surface area contributed by atoms with Crippen molar-refractivity contribution in [2.75, 3.05) is 0 Å². The Morgan fingerprint density at radius 3 is 1.90 bits per heavy atom. The zero-order valence-corrected chi connectivity index (χ0v) is 31.4. The van der Waals surface area contributed by atoms with Crippen molar-refractivity contribution in [3.63, 3.8) is 0 Å². The zero-order valence-electron chi connectivity index (χ0n) is 31.4. The summed E-state index contributed by atoms with van der Waals surface area (Å²) in [6.45, 7) is 0. The highest BCUT2D eigenvalue weighted by Gasteiger charge is 2.40. The predicted octanol–water partition coefficient (Wildman–Crippen LogP) is 13.5. The molecule has 0 amide bonds. The van der Waals surface area contributed by atoms with Crippen molar-refractivity contribution < 1.29 is 0 Å². The van der Waals surface area contributed by atoms with Crippen LogP contribution in [-0.2, 0) is 0 Å². The SMILES string of the molecule is C1=CC2=CC=C(c3cc4cccnc4c4ncccc34)C3=CC=C4C=C(c5ccc(-c6nc7c8ccccc8c8ccccc8c7c7ccccc67)cc5)C=C1C4C23. The summed E-state index contributed by atoms with van der Waals surface area (Å²) in [6, 6.07) is 45.9. The van der Waals surface area contributed by atoms with Gasteiger partial charge in [-0.25, -0.2) is 4.98 Å². The Morgan fingerprint density at radius 2 is 1.07 bits per heavy atom. The van der Waals surface area contributed by atoms with Gasteiger partial charge >= 0.3 is 0 Å². The summed E-state index contributed by atoms with van der Waals surface area (Å²) in [7, 11) is 0. The third-order valence-electron chi connectivity index (χ3n) is 12.9. The minimum absolute atomic E-state index is 0.258. The molecule has 3 heteroatoms. The van der Waals surface area contributed by atoms with E-state index in [4.69, 9.17) is 15.0 Å². The smallest absolute Gasteiger partial charge is 0.0970 e. The Balaban J connectivity index is 0.916. The van der Waals surface area contributed by atoms with E-state index < -0.39 is 0 Å². The van der Waals surface area contributed by atoms with Gasteiger partial charge in [-0.2, -0.15) is 0 Å². The Bertz CT molecular complexity index is 3550. The lowest BCUT2D eigenvalue weighted by Gasteiger charge is -2.42. The van der Waals surface area contributed by atoms with Crippen LogP contribution in [0.4, 0.5) is 0 Å². The summed E-state index contributed by atoms with van der Waals surface area (Å²) >= 11 is 0. The zero-order chi connectivity index (χ0) is 37.9. The molecule has 3 nitrogen and oxygen atoms in total. The van der Waals surface area contributed by atoms with E-state index in [-0.39, 0.29) is 11.8 Å². The fourth-order valence-electron chi connectivity index (χ4n) is 10.3. The highest BCUT2D eigenvalue weighted by Crippen LogP contribution is 2.54. The van der Waals surface area contributed by atoms with Crippen LogP contribution in [0.5, 0.6) is 0 Å². The molecule has 4 aliphatic rings. The molecule has 0 spiro atoms. The van der Waals surface area contributed by atoms with Crippen LogP contribution in [0.15, 0.2) is 211 Å². The number of pyridine rings is 3. The second-order valence-corrected chi connectivity index (χ2v) is 15.9. The van der Waals surface area contributed by atoms with Gasteiger partial charge in [-0.1, -0.05) is 158 Å². The molecule has 0 bridgehead atoms. The fraction of sp³-hybridized carbons (Fsp3) is 0.0364. The molecule has 0 saturated carbocycles. The first kappa shape index (κ1) is 31.7. The number of nitrogens with zero attached hydrogens (tertiary/aromatic N) is 3. The molecular weight excluding hydrogens is 703 g/mol. The number of fused-ring (bicyclic) bond motifs is 11. The largest absolute Gasteiger partial charge is 0.254 e. The summed E-state index contributed by atoms with van der Waals surface area (Å²) in [4.78, 5) is 15.0. The maximum atomic E-state index is 5.51. The topological polar surface area (TPSA) is 38.7 Å².